The lowest BCUT2D eigenvalue weighted by molar-refractivity contribution is -0.135. The number of nitrogens with zero attached hydrogens (tertiary/aromatic N) is 4. The molecule has 0 unspecified atom stereocenters. The molecule has 0 radical (unpaired) electrons. The number of ether oxygens (including phenoxy) is 2. The number of hydrogen-bond donors (Lipinski definition) is 0. The quantitative estimate of drug-likeness (QED) is 0.149. The monoisotopic (exact) mass is 576 g/mol. The molecule has 0 aliphatic rings. The molecule has 0 fully saturated rings. The second-order valence-corrected chi connectivity index (χ2v) is 10.4. The van der Waals surface area contributed by atoms with Gasteiger partial charge in [-0.25, -0.2) is 9.59 Å². The van der Waals surface area contributed by atoms with Crippen LogP contribution in [-0.4, -0.2) is 46.4 Å². The number of methoxy groups -OCH3 is 2. The van der Waals surface area contributed by atoms with Crippen LogP contribution in [-0.2, 0) is 25.5 Å². The summed E-state index contributed by atoms with van der Waals surface area (Å²) < 4.78 is 9.47. The highest BCUT2D eigenvalue weighted by atomic mass is 32.1. The van der Waals surface area contributed by atoms with E-state index in [1.54, 1.807) is 16.9 Å². The molecule has 0 bridgehead atoms. The van der Waals surface area contributed by atoms with Gasteiger partial charge in [-0.15, -0.1) is 21.5 Å². The Kier molecular flexibility index (Phi) is 9.10. The molecule has 0 N–H and O–H groups in total. The van der Waals surface area contributed by atoms with Gasteiger partial charge in [0, 0.05) is 33.9 Å². The standard InChI is InChI=1S/C33H28N4O4S/c1-40-30(38)18-16-23-10-9-11-24(20-23)21-29-28(22-27(42-29)17-19-31(39)41-2)33-34-36-37(35-33)32(25-12-5-3-6-13-25)26-14-7-4-8-15-26/h3-20,22,32H,21H2,1-2H3. The second kappa shape index (κ2) is 13.5. The normalized spacial score (nSPS) is 11.4. The first-order valence-corrected chi connectivity index (χ1v) is 14.0. The summed E-state index contributed by atoms with van der Waals surface area (Å²) in [4.78, 5) is 26.8. The molecular formula is C33H28N4O4S. The summed E-state index contributed by atoms with van der Waals surface area (Å²) >= 11 is 1.54. The minimum absolute atomic E-state index is 0.257. The number of aromatic nitrogens is 4. The first-order chi connectivity index (χ1) is 20.5. The highest BCUT2D eigenvalue weighted by molar-refractivity contribution is 7.13. The minimum Gasteiger partial charge on any atom is -0.466 e. The smallest absolute Gasteiger partial charge is 0.330 e. The van der Waals surface area contributed by atoms with Crippen molar-refractivity contribution in [1.29, 1.82) is 0 Å². The van der Waals surface area contributed by atoms with E-state index < -0.39 is 11.9 Å². The zero-order valence-corrected chi connectivity index (χ0v) is 23.9. The molecule has 2 heterocycles. The van der Waals surface area contributed by atoms with Crippen molar-refractivity contribution in [3.8, 4) is 11.4 Å². The number of carbonyl (C=O) groups is 2. The van der Waals surface area contributed by atoms with Gasteiger partial charge in [-0.1, -0.05) is 84.9 Å². The van der Waals surface area contributed by atoms with Crippen molar-refractivity contribution in [2.24, 2.45) is 0 Å². The fourth-order valence-electron chi connectivity index (χ4n) is 4.47. The maximum atomic E-state index is 11.8. The van der Waals surface area contributed by atoms with E-state index in [1.807, 2.05) is 91.0 Å². The van der Waals surface area contributed by atoms with Crippen LogP contribution in [0.1, 0.15) is 38.0 Å². The zero-order valence-electron chi connectivity index (χ0n) is 23.1. The maximum Gasteiger partial charge on any atom is 0.330 e. The van der Waals surface area contributed by atoms with Crippen LogP contribution in [0.4, 0.5) is 0 Å². The third kappa shape index (κ3) is 6.94. The van der Waals surface area contributed by atoms with Crippen molar-refractivity contribution >= 4 is 35.4 Å². The third-order valence-electron chi connectivity index (χ3n) is 6.47. The van der Waals surface area contributed by atoms with Crippen molar-refractivity contribution in [2.75, 3.05) is 14.2 Å². The largest absolute Gasteiger partial charge is 0.466 e. The molecule has 8 nitrogen and oxygen atoms in total. The fraction of sp³-hybridized carbons (Fsp3) is 0.121. The first-order valence-electron chi connectivity index (χ1n) is 13.2. The molecule has 210 valence electrons. The van der Waals surface area contributed by atoms with Crippen molar-refractivity contribution in [1.82, 2.24) is 20.2 Å². The predicted octanol–water partition coefficient (Wildman–Crippen LogP) is 6.00. The summed E-state index contributed by atoms with van der Waals surface area (Å²) in [5, 5.41) is 13.8. The fourth-order valence-corrected chi connectivity index (χ4v) is 5.56. The van der Waals surface area contributed by atoms with Gasteiger partial charge in [-0.3, -0.25) is 0 Å². The number of esters is 2. The van der Waals surface area contributed by atoms with Crippen LogP contribution >= 0.6 is 11.3 Å². The molecule has 0 spiro atoms. The molecule has 2 aromatic heterocycles. The highest BCUT2D eigenvalue weighted by Gasteiger charge is 2.22. The molecule has 0 aliphatic heterocycles. The third-order valence-corrected chi connectivity index (χ3v) is 7.57. The molecule has 0 aliphatic carbocycles. The van der Waals surface area contributed by atoms with Crippen molar-refractivity contribution in [2.45, 2.75) is 12.5 Å². The van der Waals surface area contributed by atoms with Crippen LogP contribution < -0.4 is 0 Å². The molecule has 5 rings (SSSR count). The summed E-state index contributed by atoms with van der Waals surface area (Å²) in [5.74, 6) is -0.367. The van der Waals surface area contributed by atoms with Crippen LogP contribution in [0.5, 0.6) is 0 Å². The molecule has 9 heteroatoms. The highest BCUT2D eigenvalue weighted by Crippen LogP contribution is 2.33. The number of hydrogen-bond acceptors (Lipinski definition) is 8. The molecule has 0 amide bonds. The van der Waals surface area contributed by atoms with E-state index in [4.69, 9.17) is 14.6 Å². The minimum atomic E-state index is -0.436. The first kappa shape index (κ1) is 28.4. The Morgan fingerprint density at radius 2 is 1.48 bits per heavy atom. The average Bonchev–Trinajstić information content (AvgIpc) is 3.67. The Balaban J connectivity index is 1.52. The lowest BCUT2D eigenvalue weighted by Crippen LogP contribution is -2.15. The van der Waals surface area contributed by atoms with Crippen LogP contribution in [0.15, 0.2) is 103 Å². The van der Waals surface area contributed by atoms with Gasteiger partial charge in [0.15, 0.2) is 0 Å². The predicted molar refractivity (Wildman–Crippen MR) is 163 cm³/mol. The van der Waals surface area contributed by atoms with Gasteiger partial charge >= 0.3 is 11.9 Å². The van der Waals surface area contributed by atoms with Gasteiger partial charge in [0.25, 0.3) is 0 Å². The molecule has 0 atom stereocenters. The van der Waals surface area contributed by atoms with E-state index in [1.165, 1.54) is 37.7 Å². The molecule has 5 aromatic rings. The van der Waals surface area contributed by atoms with E-state index in [9.17, 15) is 9.59 Å². The Hall–Kier alpha value is -5.15. The molecule has 3 aromatic carbocycles. The SMILES string of the molecule is COC(=O)C=Cc1cccc(Cc2sc(C=CC(=O)OC)cc2-c2nnn(C(c3ccccc3)c3ccccc3)n2)c1. The van der Waals surface area contributed by atoms with Crippen LogP contribution in [0.2, 0.25) is 0 Å². The van der Waals surface area contributed by atoms with Crippen molar-refractivity contribution in [3.05, 3.63) is 135 Å². The average molecular weight is 577 g/mol. The Labute approximate surface area is 247 Å². The van der Waals surface area contributed by atoms with Gasteiger partial charge in [-0.05, 0) is 45.7 Å². The van der Waals surface area contributed by atoms with Gasteiger partial charge in [0.05, 0.1) is 14.2 Å². The molecule has 0 saturated carbocycles. The van der Waals surface area contributed by atoms with E-state index in [0.717, 1.165) is 37.6 Å². The summed E-state index contributed by atoms with van der Waals surface area (Å²) in [6.45, 7) is 0. The number of thiophene rings is 1. The summed E-state index contributed by atoms with van der Waals surface area (Å²) in [5.41, 5.74) is 4.81. The maximum absolute atomic E-state index is 11.8. The second-order valence-electron chi connectivity index (χ2n) is 9.28. The van der Waals surface area contributed by atoms with Gasteiger partial charge in [0.2, 0.25) is 5.82 Å². The molecule has 42 heavy (non-hydrogen) atoms. The van der Waals surface area contributed by atoms with Gasteiger partial charge in [0.1, 0.15) is 6.04 Å². The topological polar surface area (TPSA) is 96.2 Å². The summed E-state index contributed by atoms with van der Waals surface area (Å²) in [7, 11) is 2.69. The van der Waals surface area contributed by atoms with Gasteiger partial charge < -0.3 is 9.47 Å². The van der Waals surface area contributed by atoms with Crippen LogP contribution in [0.3, 0.4) is 0 Å². The van der Waals surface area contributed by atoms with E-state index >= 15 is 0 Å². The molecule has 0 saturated heterocycles. The molecular weight excluding hydrogens is 548 g/mol. The van der Waals surface area contributed by atoms with E-state index in [2.05, 4.69) is 10.3 Å². The van der Waals surface area contributed by atoms with E-state index in [-0.39, 0.29) is 6.04 Å². The number of tetrazole rings is 1. The van der Waals surface area contributed by atoms with Gasteiger partial charge in [-0.2, -0.15) is 4.80 Å². The lowest BCUT2D eigenvalue weighted by Gasteiger charge is -2.16. The van der Waals surface area contributed by atoms with Crippen LogP contribution in [0.25, 0.3) is 23.5 Å². The Morgan fingerprint density at radius 3 is 2.12 bits per heavy atom. The summed E-state index contributed by atoms with van der Waals surface area (Å²) in [6, 6.07) is 29.7. The Bertz CT molecular complexity index is 1690. The van der Waals surface area contributed by atoms with Crippen molar-refractivity contribution in [3.63, 3.8) is 0 Å². The Morgan fingerprint density at radius 1 is 0.833 bits per heavy atom. The number of rotatable bonds is 10. The van der Waals surface area contributed by atoms with Crippen molar-refractivity contribution < 1.29 is 19.1 Å². The lowest BCUT2D eigenvalue weighted by atomic mass is 9.99. The number of carbonyl (C=O) groups excluding carboxylic acids is 2. The van der Waals surface area contributed by atoms with Crippen LogP contribution in [0, 0.1) is 0 Å². The summed E-state index contributed by atoms with van der Waals surface area (Å²) in [6.07, 6.45) is 6.81. The zero-order chi connectivity index (χ0) is 29.3. The number of benzene rings is 3. The van der Waals surface area contributed by atoms with E-state index in [0.29, 0.717) is 12.2 Å².